The second-order valence-corrected chi connectivity index (χ2v) is 8.64. The van der Waals surface area contributed by atoms with Crippen LogP contribution < -0.4 is 20.5 Å². The average molecular weight is 435 g/mol. The van der Waals surface area contributed by atoms with Crippen LogP contribution >= 0.6 is 0 Å². The molecule has 0 aliphatic carbocycles. The highest BCUT2D eigenvalue weighted by atomic mass is 16.5. The van der Waals surface area contributed by atoms with Gasteiger partial charge in [0.25, 0.3) is 5.56 Å². The van der Waals surface area contributed by atoms with Crippen molar-refractivity contribution >= 4 is 12.2 Å². The number of hydrogen-bond donors (Lipinski definition) is 2. The number of benzene rings is 2. The van der Waals surface area contributed by atoms with E-state index in [9.17, 15) is 4.79 Å². The summed E-state index contributed by atoms with van der Waals surface area (Å²) in [5.41, 5.74) is 7.11. The molecule has 0 radical (unpaired) electrons. The summed E-state index contributed by atoms with van der Waals surface area (Å²) < 4.78 is 11.5. The Labute approximate surface area is 188 Å². The monoisotopic (exact) mass is 434 g/mol. The molecule has 32 heavy (non-hydrogen) atoms. The Kier molecular flexibility index (Phi) is 6.98. The maximum atomic E-state index is 11.8. The standard InChI is InChI=1S/C25H30N4O3/c1-16-17(2)27-24(28-23(16)30)29-26-14-19-9-12-21(22(13-19)31-6)32-15-18-7-10-20(11-8-18)25(3,4)5/h7-14H,15H2,1-6H3,(H2,27,28,29,30)/b26-14-. The number of nitrogens with one attached hydrogen (secondary N) is 2. The van der Waals surface area contributed by atoms with Gasteiger partial charge in [-0.3, -0.25) is 9.78 Å². The molecule has 2 aromatic carbocycles. The normalized spacial score (nSPS) is 11.6. The zero-order valence-corrected chi connectivity index (χ0v) is 19.4. The van der Waals surface area contributed by atoms with Crippen LogP contribution in [0.2, 0.25) is 0 Å². The summed E-state index contributed by atoms with van der Waals surface area (Å²) in [6, 6.07) is 14.0. The number of rotatable bonds is 7. The van der Waals surface area contributed by atoms with Crippen molar-refractivity contribution in [3.05, 3.63) is 80.8 Å². The first-order valence-electron chi connectivity index (χ1n) is 10.4. The van der Waals surface area contributed by atoms with Crippen molar-refractivity contribution < 1.29 is 9.47 Å². The molecule has 1 heterocycles. The second-order valence-electron chi connectivity index (χ2n) is 8.64. The van der Waals surface area contributed by atoms with Crippen molar-refractivity contribution in [3.63, 3.8) is 0 Å². The van der Waals surface area contributed by atoms with Crippen molar-refractivity contribution in [3.8, 4) is 11.5 Å². The Hall–Kier alpha value is -3.61. The lowest BCUT2D eigenvalue weighted by atomic mass is 9.87. The molecule has 0 saturated carbocycles. The van der Waals surface area contributed by atoms with Crippen LogP contribution in [-0.4, -0.2) is 23.3 Å². The fourth-order valence-electron chi connectivity index (χ4n) is 3.01. The lowest BCUT2D eigenvalue weighted by Crippen LogP contribution is -2.15. The van der Waals surface area contributed by atoms with Crippen LogP contribution in [0, 0.1) is 13.8 Å². The number of hydrogen-bond acceptors (Lipinski definition) is 6. The minimum Gasteiger partial charge on any atom is -0.493 e. The molecule has 0 atom stereocenters. The van der Waals surface area contributed by atoms with Gasteiger partial charge < -0.3 is 9.47 Å². The number of nitrogens with zero attached hydrogens (tertiary/aromatic N) is 2. The number of methoxy groups -OCH3 is 1. The first-order valence-corrected chi connectivity index (χ1v) is 10.4. The van der Waals surface area contributed by atoms with E-state index in [0.29, 0.717) is 35.3 Å². The van der Waals surface area contributed by atoms with Gasteiger partial charge in [0.2, 0.25) is 5.95 Å². The molecular formula is C25H30N4O3. The lowest BCUT2D eigenvalue weighted by molar-refractivity contribution is 0.284. The van der Waals surface area contributed by atoms with Gasteiger partial charge in [-0.05, 0) is 54.2 Å². The van der Waals surface area contributed by atoms with Crippen LogP contribution in [0.1, 0.15) is 48.7 Å². The summed E-state index contributed by atoms with van der Waals surface area (Å²) >= 11 is 0. The molecule has 0 spiro atoms. The fraction of sp³-hybridized carbons (Fsp3) is 0.320. The van der Waals surface area contributed by atoms with Crippen molar-refractivity contribution in [2.24, 2.45) is 5.10 Å². The van der Waals surface area contributed by atoms with E-state index in [0.717, 1.165) is 11.1 Å². The lowest BCUT2D eigenvalue weighted by Gasteiger charge is -2.19. The maximum Gasteiger partial charge on any atom is 0.255 e. The van der Waals surface area contributed by atoms with Crippen molar-refractivity contribution in [1.29, 1.82) is 0 Å². The van der Waals surface area contributed by atoms with Crippen LogP contribution in [-0.2, 0) is 12.0 Å². The zero-order chi connectivity index (χ0) is 23.3. The Bertz CT molecular complexity index is 1160. The average Bonchev–Trinajstić information content (AvgIpc) is 2.76. The molecule has 7 nitrogen and oxygen atoms in total. The SMILES string of the molecule is COc1cc(/C=N\Nc2nc(C)c(C)c(=O)[nH]2)ccc1OCc1ccc(C(C)(C)C)cc1. The van der Waals surface area contributed by atoms with Gasteiger partial charge in [0.1, 0.15) is 6.61 Å². The molecule has 3 rings (SSSR count). The van der Waals surface area contributed by atoms with E-state index in [1.807, 2.05) is 18.2 Å². The third kappa shape index (κ3) is 5.75. The minimum absolute atomic E-state index is 0.124. The summed E-state index contributed by atoms with van der Waals surface area (Å²) in [6.07, 6.45) is 1.62. The summed E-state index contributed by atoms with van der Waals surface area (Å²) in [4.78, 5) is 18.7. The second kappa shape index (κ2) is 9.68. The van der Waals surface area contributed by atoms with E-state index < -0.39 is 0 Å². The van der Waals surface area contributed by atoms with Gasteiger partial charge in [0.05, 0.1) is 13.3 Å². The van der Waals surface area contributed by atoms with Gasteiger partial charge in [-0.1, -0.05) is 45.0 Å². The van der Waals surface area contributed by atoms with Crippen LogP contribution in [0.25, 0.3) is 0 Å². The number of ether oxygens (including phenoxy) is 2. The predicted octanol–water partition coefficient (Wildman–Crippen LogP) is 4.72. The predicted molar refractivity (Wildman–Crippen MR) is 128 cm³/mol. The highest BCUT2D eigenvalue weighted by Gasteiger charge is 2.13. The van der Waals surface area contributed by atoms with E-state index in [1.165, 1.54) is 5.56 Å². The number of aryl methyl sites for hydroxylation is 1. The summed E-state index contributed by atoms with van der Waals surface area (Å²) in [7, 11) is 1.60. The minimum atomic E-state index is -0.189. The molecule has 168 valence electrons. The van der Waals surface area contributed by atoms with Gasteiger partial charge in [0.15, 0.2) is 11.5 Å². The molecule has 0 amide bonds. The Morgan fingerprint density at radius 3 is 2.44 bits per heavy atom. The van der Waals surface area contributed by atoms with E-state index >= 15 is 0 Å². The van der Waals surface area contributed by atoms with Gasteiger partial charge in [0, 0.05) is 11.3 Å². The molecular weight excluding hydrogens is 404 g/mol. The number of anilines is 1. The molecule has 0 saturated heterocycles. The third-order valence-corrected chi connectivity index (χ3v) is 5.18. The van der Waals surface area contributed by atoms with E-state index in [4.69, 9.17) is 9.47 Å². The van der Waals surface area contributed by atoms with Gasteiger partial charge in [-0.2, -0.15) is 5.10 Å². The molecule has 0 aliphatic rings. The van der Waals surface area contributed by atoms with E-state index in [-0.39, 0.29) is 11.0 Å². The molecule has 0 fully saturated rings. The van der Waals surface area contributed by atoms with Gasteiger partial charge in [-0.15, -0.1) is 0 Å². The molecule has 7 heteroatoms. The summed E-state index contributed by atoms with van der Waals surface area (Å²) in [5, 5.41) is 4.15. The van der Waals surface area contributed by atoms with E-state index in [1.54, 1.807) is 27.2 Å². The highest BCUT2D eigenvalue weighted by Crippen LogP contribution is 2.29. The number of aromatic nitrogens is 2. The van der Waals surface area contributed by atoms with E-state index in [2.05, 4.69) is 65.5 Å². The highest BCUT2D eigenvalue weighted by molar-refractivity contribution is 5.81. The van der Waals surface area contributed by atoms with Gasteiger partial charge >= 0.3 is 0 Å². The van der Waals surface area contributed by atoms with Crippen LogP contribution in [0.4, 0.5) is 5.95 Å². The van der Waals surface area contributed by atoms with Crippen molar-refractivity contribution in [2.75, 3.05) is 12.5 Å². The molecule has 0 unspecified atom stereocenters. The summed E-state index contributed by atoms with van der Waals surface area (Å²) in [6.45, 7) is 10.5. The Balaban J connectivity index is 1.65. The number of hydrazone groups is 1. The molecule has 0 bridgehead atoms. The van der Waals surface area contributed by atoms with Crippen molar-refractivity contribution in [2.45, 2.75) is 46.6 Å². The van der Waals surface area contributed by atoms with Gasteiger partial charge in [-0.25, -0.2) is 10.4 Å². The number of H-pyrrole nitrogens is 1. The Morgan fingerprint density at radius 2 is 1.81 bits per heavy atom. The first kappa shape index (κ1) is 23.1. The van der Waals surface area contributed by atoms with Crippen LogP contribution in [0.5, 0.6) is 11.5 Å². The molecule has 3 aromatic rings. The van der Waals surface area contributed by atoms with Crippen LogP contribution in [0.3, 0.4) is 0 Å². The smallest absolute Gasteiger partial charge is 0.255 e. The zero-order valence-electron chi connectivity index (χ0n) is 19.4. The largest absolute Gasteiger partial charge is 0.493 e. The molecule has 0 aliphatic heterocycles. The maximum absolute atomic E-state index is 11.8. The summed E-state index contributed by atoms with van der Waals surface area (Å²) in [5.74, 6) is 1.55. The van der Waals surface area contributed by atoms with Crippen LogP contribution in [0.15, 0.2) is 52.4 Å². The first-order chi connectivity index (χ1) is 15.2. The molecule has 2 N–H and O–H groups in total. The fourth-order valence-corrected chi connectivity index (χ4v) is 3.01. The van der Waals surface area contributed by atoms with Crippen molar-refractivity contribution in [1.82, 2.24) is 9.97 Å². The quantitative estimate of drug-likeness (QED) is 0.415. The third-order valence-electron chi connectivity index (χ3n) is 5.18. The Morgan fingerprint density at radius 1 is 1.09 bits per heavy atom. The number of aromatic amines is 1. The topological polar surface area (TPSA) is 88.6 Å². The molecule has 1 aromatic heterocycles.